The Morgan fingerprint density at radius 3 is 2.57 bits per heavy atom. The molecule has 3 aromatic rings. The van der Waals surface area contributed by atoms with Crippen molar-refractivity contribution in [3.63, 3.8) is 0 Å². The number of aliphatic hydroxyl groups excluding tert-OH is 1. The number of aryl methyl sites for hydroxylation is 2. The van der Waals surface area contributed by atoms with Crippen molar-refractivity contribution in [2.45, 2.75) is 64.4 Å². The van der Waals surface area contributed by atoms with E-state index in [1.54, 1.807) is 12.1 Å². The number of aliphatic hydroxyl groups is 1. The molecule has 1 aliphatic heterocycles. The van der Waals surface area contributed by atoms with Crippen LogP contribution in [0.4, 0.5) is 5.69 Å². The molecule has 1 amide bonds. The highest BCUT2D eigenvalue weighted by Crippen LogP contribution is 2.44. The maximum absolute atomic E-state index is 12.8. The fourth-order valence-corrected chi connectivity index (χ4v) is 5.05. The van der Waals surface area contributed by atoms with Gasteiger partial charge in [-0.05, 0) is 82.1 Å². The van der Waals surface area contributed by atoms with Crippen molar-refractivity contribution < 1.29 is 23.8 Å². The predicted molar refractivity (Wildman–Crippen MR) is 134 cm³/mol. The van der Waals surface area contributed by atoms with Crippen LogP contribution in [0.1, 0.15) is 55.4 Å². The molecule has 7 nitrogen and oxygen atoms in total. The zero-order valence-electron chi connectivity index (χ0n) is 20.2. The van der Waals surface area contributed by atoms with Gasteiger partial charge in [0.2, 0.25) is 0 Å². The maximum atomic E-state index is 12.8. The van der Waals surface area contributed by atoms with E-state index in [2.05, 4.69) is 5.32 Å². The number of hydrogen-bond acceptors (Lipinski definition) is 6. The molecule has 2 aromatic carbocycles. The lowest BCUT2D eigenvalue weighted by Gasteiger charge is -2.33. The van der Waals surface area contributed by atoms with Crippen LogP contribution in [0.5, 0.6) is 11.5 Å². The number of anilines is 1. The number of carbonyl (C=O) groups is 1. The number of fused-ring (bicyclic) bond motifs is 5. The Labute approximate surface area is 204 Å². The molecule has 0 atom stereocenters. The summed E-state index contributed by atoms with van der Waals surface area (Å²) in [5, 5.41) is 12.7. The lowest BCUT2D eigenvalue weighted by atomic mass is 9.87. The van der Waals surface area contributed by atoms with Crippen molar-refractivity contribution in [2.75, 3.05) is 18.5 Å². The third-order valence-electron chi connectivity index (χ3n) is 6.88. The van der Waals surface area contributed by atoms with E-state index < -0.39 is 0 Å². The highest BCUT2D eigenvalue weighted by Gasteiger charge is 2.32. The summed E-state index contributed by atoms with van der Waals surface area (Å²) in [7, 11) is 0. The lowest BCUT2D eigenvalue weighted by Crippen LogP contribution is -2.33. The largest absolute Gasteiger partial charge is 0.487 e. The third-order valence-corrected chi connectivity index (χ3v) is 6.88. The minimum atomic E-state index is -0.341. The fourth-order valence-electron chi connectivity index (χ4n) is 5.05. The highest BCUT2D eigenvalue weighted by atomic mass is 16.5. The summed E-state index contributed by atoms with van der Waals surface area (Å²) in [6.07, 6.45) is 5.57. The molecule has 1 aromatic heterocycles. The number of benzene rings is 2. The van der Waals surface area contributed by atoms with Crippen LogP contribution in [0.3, 0.4) is 0 Å². The Morgan fingerprint density at radius 2 is 1.83 bits per heavy atom. The molecule has 0 radical (unpaired) electrons. The summed E-state index contributed by atoms with van der Waals surface area (Å²) in [4.78, 5) is 25.5. The fraction of sp³-hybridized carbons (Fsp3) is 0.429. The molecule has 1 aliphatic carbocycles. The Morgan fingerprint density at radius 1 is 1.09 bits per heavy atom. The summed E-state index contributed by atoms with van der Waals surface area (Å²) >= 11 is 0. The van der Waals surface area contributed by atoms with Crippen molar-refractivity contribution in [1.29, 1.82) is 0 Å². The van der Waals surface area contributed by atoms with Crippen molar-refractivity contribution in [3.8, 4) is 11.5 Å². The zero-order valence-corrected chi connectivity index (χ0v) is 20.2. The molecule has 2 heterocycles. The van der Waals surface area contributed by atoms with Gasteiger partial charge in [-0.15, -0.1) is 0 Å². The number of carbonyl (C=O) groups excluding carboxylic acids is 1. The summed E-state index contributed by atoms with van der Waals surface area (Å²) in [5.41, 5.74) is 4.15. The van der Waals surface area contributed by atoms with Gasteiger partial charge in [-0.1, -0.05) is 12.1 Å². The van der Waals surface area contributed by atoms with Gasteiger partial charge in [0.05, 0.1) is 5.39 Å². The predicted octanol–water partition coefficient (Wildman–Crippen LogP) is 4.33. The van der Waals surface area contributed by atoms with Gasteiger partial charge in [0.1, 0.15) is 22.7 Å². The van der Waals surface area contributed by atoms with E-state index in [1.807, 2.05) is 32.0 Å². The first kappa shape index (κ1) is 23.4. The summed E-state index contributed by atoms with van der Waals surface area (Å²) in [5.74, 6) is 0.854. The quantitative estimate of drug-likeness (QED) is 0.513. The second-order valence-corrected chi connectivity index (χ2v) is 9.98. The molecular weight excluding hydrogens is 446 g/mol. The summed E-state index contributed by atoms with van der Waals surface area (Å²) < 4.78 is 18.2. The minimum absolute atomic E-state index is 0.0823. The molecule has 0 saturated heterocycles. The Balaban J connectivity index is 1.46. The van der Waals surface area contributed by atoms with E-state index in [9.17, 15) is 9.59 Å². The van der Waals surface area contributed by atoms with Gasteiger partial charge >= 0.3 is 5.63 Å². The minimum Gasteiger partial charge on any atom is -0.487 e. The van der Waals surface area contributed by atoms with E-state index in [0.717, 1.165) is 59.7 Å². The van der Waals surface area contributed by atoms with Gasteiger partial charge in [0, 0.05) is 29.5 Å². The second kappa shape index (κ2) is 9.38. The topological polar surface area (TPSA) is 98.0 Å². The molecule has 35 heavy (non-hydrogen) atoms. The van der Waals surface area contributed by atoms with Crippen molar-refractivity contribution in [1.82, 2.24) is 0 Å². The Bertz CT molecular complexity index is 1320. The van der Waals surface area contributed by atoms with Gasteiger partial charge < -0.3 is 24.3 Å². The van der Waals surface area contributed by atoms with Crippen LogP contribution in [0.25, 0.3) is 11.0 Å². The molecule has 0 spiro atoms. The molecule has 0 saturated carbocycles. The van der Waals surface area contributed by atoms with Gasteiger partial charge in [0.15, 0.2) is 6.61 Å². The molecule has 0 unspecified atom stereocenters. The molecule has 184 valence electrons. The Kier molecular flexibility index (Phi) is 6.28. The van der Waals surface area contributed by atoms with E-state index in [0.29, 0.717) is 35.6 Å². The number of rotatable bonds is 6. The van der Waals surface area contributed by atoms with Crippen LogP contribution in [-0.2, 0) is 30.5 Å². The third kappa shape index (κ3) is 4.78. The highest BCUT2D eigenvalue weighted by molar-refractivity contribution is 5.94. The molecule has 5 rings (SSSR count). The number of amides is 1. The van der Waals surface area contributed by atoms with E-state index in [4.69, 9.17) is 19.0 Å². The molecule has 0 fully saturated rings. The van der Waals surface area contributed by atoms with Crippen LogP contribution in [0.2, 0.25) is 0 Å². The monoisotopic (exact) mass is 477 g/mol. The number of nitrogens with one attached hydrogen (secondary N) is 1. The second-order valence-electron chi connectivity index (χ2n) is 9.98. The van der Waals surface area contributed by atoms with Crippen LogP contribution in [0, 0.1) is 0 Å². The van der Waals surface area contributed by atoms with Gasteiger partial charge in [-0.3, -0.25) is 4.79 Å². The standard InChI is InChI=1S/C28H31NO6/c1-28(2)13-11-21-22(35-28)15-23(25-19-5-3-4-6-20(19)27(32)34-26(21)25)33-16-24(31)29-18-9-7-17(8-10-18)12-14-30/h7-10,15,30H,3-6,11-14,16H2,1-2H3,(H,29,31). The molecule has 2 N–H and O–H groups in total. The molecule has 7 heteroatoms. The molecule has 0 bridgehead atoms. The Hall–Kier alpha value is -3.32. The van der Waals surface area contributed by atoms with Gasteiger partial charge in [-0.2, -0.15) is 0 Å². The molecule has 2 aliphatic rings. The van der Waals surface area contributed by atoms with Crippen LogP contribution in [0.15, 0.2) is 39.5 Å². The van der Waals surface area contributed by atoms with E-state index in [1.165, 1.54) is 0 Å². The number of ether oxygens (including phenoxy) is 2. The van der Waals surface area contributed by atoms with E-state index >= 15 is 0 Å². The SMILES string of the molecule is CC1(C)CCc2c(cc(OCC(=O)Nc3ccc(CCO)cc3)c3c4c(c(=O)oc23)CCCC4)O1. The van der Waals surface area contributed by atoms with Crippen LogP contribution in [-0.4, -0.2) is 29.8 Å². The summed E-state index contributed by atoms with van der Waals surface area (Å²) in [6.45, 7) is 3.95. The van der Waals surface area contributed by atoms with Crippen LogP contribution < -0.4 is 20.4 Å². The smallest absolute Gasteiger partial charge is 0.339 e. The van der Waals surface area contributed by atoms with Gasteiger partial charge in [0.25, 0.3) is 5.91 Å². The first-order valence-electron chi connectivity index (χ1n) is 12.3. The lowest BCUT2D eigenvalue weighted by molar-refractivity contribution is -0.118. The van der Waals surface area contributed by atoms with Crippen molar-refractivity contribution >= 4 is 22.6 Å². The first-order chi connectivity index (χ1) is 16.8. The summed E-state index contributed by atoms with van der Waals surface area (Å²) in [6, 6.07) is 9.20. The van der Waals surface area contributed by atoms with E-state index in [-0.39, 0.29) is 30.3 Å². The zero-order chi connectivity index (χ0) is 24.6. The normalized spacial score (nSPS) is 16.2. The van der Waals surface area contributed by atoms with Crippen molar-refractivity contribution in [3.05, 3.63) is 63.0 Å². The average molecular weight is 478 g/mol. The maximum Gasteiger partial charge on any atom is 0.339 e. The average Bonchev–Trinajstić information content (AvgIpc) is 2.83. The van der Waals surface area contributed by atoms with Gasteiger partial charge in [-0.25, -0.2) is 4.79 Å². The van der Waals surface area contributed by atoms with Crippen molar-refractivity contribution in [2.24, 2.45) is 0 Å². The number of hydrogen-bond donors (Lipinski definition) is 2. The first-order valence-corrected chi connectivity index (χ1v) is 12.3. The molecular formula is C28H31NO6. The van der Waals surface area contributed by atoms with Crippen LogP contribution >= 0.6 is 0 Å².